The summed E-state index contributed by atoms with van der Waals surface area (Å²) >= 11 is 0. The van der Waals surface area contributed by atoms with Gasteiger partial charge in [0.05, 0.1) is 0 Å². The molecule has 306 valence electrons. The molecule has 0 spiro atoms. The van der Waals surface area contributed by atoms with Crippen LogP contribution in [0.25, 0.3) is 0 Å². The first-order valence-corrected chi connectivity index (χ1v) is 22.1. The Morgan fingerprint density at radius 1 is 0.388 bits per heavy atom. The second kappa shape index (κ2) is 77.1. The van der Waals surface area contributed by atoms with E-state index in [1.807, 2.05) is 13.8 Å². The van der Waals surface area contributed by atoms with Gasteiger partial charge < -0.3 is 0 Å². The highest BCUT2D eigenvalue weighted by atomic mass is 14.1. The average Bonchev–Trinajstić information content (AvgIpc) is 3.09. The normalized spacial score (nSPS) is 9.86. The van der Waals surface area contributed by atoms with Crippen LogP contribution >= 0.6 is 0 Å². The summed E-state index contributed by atoms with van der Waals surface area (Å²) in [7, 11) is 0. The van der Waals surface area contributed by atoms with Crippen molar-refractivity contribution in [2.75, 3.05) is 0 Å². The summed E-state index contributed by atoms with van der Waals surface area (Å²) in [6.45, 7) is 34.0. The van der Waals surface area contributed by atoms with Gasteiger partial charge in [-0.15, -0.1) is 19.7 Å². The van der Waals surface area contributed by atoms with Gasteiger partial charge in [0.2, 0.25) is 0 Å². The lowest BCUT2D eigenvalue weighted by Crippen LogP contribution is -1.99. The van der Waals surface area contributed by atoms with E-state index in [4.69, 9.17) is 0 Å². The van der Waals surface area contributed by atoms with E-state index < -0.39 is 0 Å². The summed E-state index contributed by atoms with van der Waals surface area (Å²) < 4.78 is 0. The molecule has 0 aliphatic rings. The number of allylic oxidation sites excluding steroid dienone is 1. The molecule has 0 fully saturated rings. The van der Waals surface area contributed by atoms with Gasteiger partial charge in [-0.1, -0.05) is 276 Å². The molecule has 0 rings (SSSR count). The third-order valence-electron chi connectivity index (χ3n) is 8.42. The van der Waals surface area contributed by atoms with Crippen molar-refractivity contribution in [3.05, 3.63) is 25.3 Å². The molecular weight excluding hydrogens is 589 g/mol. The predicted molar refractivity (Wildman–Crippen MR) is 243 cm³/mol. The standard InChI is InChI=1S/C21H44.C11H22.C8H18.C3H8.C2H6.C2H4.2CH4/c1-4-7-9-11-13-14-16-18-20-21(6-3)19-17-15-12-10-8-5-2;1-4-5-6-7-8-9-10-11(2)3;1-3-5-7-8-6-4-2;1-3-2;2*1-2;;/h21H,4-20H2,1-3H3;2,4-10H2,1,3H3;3-8H2,1-2H3;3H2,1-2H3;1-2H3;1-2H2;2*1H4. The molecule has 0 heterocycles. The van der Waals surface area contributed by atoms with E-state index >= 15 is 0 Å². The van der Waals surface area contributed by atoms with Crippen LogP contribution in [0.2, 0.25) is 0 Å². The largest absolute Gasteiger partial charge is 0.106 e. The van der Waals surface area contributed by atoms with Gasteiger partial charge in [0.1, 0.15) is 0 Å². The van der Waals surface area contributed by atoms with Crippen LogP contribution in [-0.4, -0.2) is 0 Å². The molecule has 1 atom stereocenters. The Balaban J connectivity index is -0.0000000843. The number of unbranched alkanes of at least 4 members (excludes halogenated alkanes) is 22. The maximum absolute atomic E-state index is 3.89. The van der Waals surface area contributed by atoms with Gasteiger partial charge in [-0.25, -0.2) is 0 Å². The first kappa shape index (κ1) is 66.7. The van der Waals surface area contributed by atoms with Crippen molar-refractivity contribution >= 4 is 0 Å². The molecule has 0 heteroatoms. The molecule has 49 heavy (non-hydrogen) atoms. The second-order valence-electron chi connectivity index (χ2n) is 13.7. The van der Waals surface area contributed by atoms with E-state index in [1.54, 1.807) is 0 Å². The molecule has 0 saturated carbocycles. The zero-order valence-electron chi connectivity index (χ0n) is 36.1. The Morgan fingerprint density at radius 3 is 0.796 bits per heavy atom. The molecule has 0 saturated heterocycles. The highest BCUT2D eigenvalue weighted by Crippen LogP contribution is 2.21. The quantitative estimate of drug-likeness (QED) is 0.0539. The van der Waals surface area contributed by atoms with Crippen molar-refractivity contribution in [3.63, 3.8) is 0 Å². The van der Waals surface area contributed by atoms with Crippen molar-refractivity contribution in [2.45, 2.75) is 290 Å². The molecule has 0 aromatic heterocycles. The van der Waals surface area contributed by atoms with E-state index in [2.05, 4.69) is 82.1 Å². The Bertz CT molecular complexity index is 429. The molecule has 0 aliphatic carbocycles. The number of hydrogen-bond acceptors (Lipinski definition) is 0. The molecule has 0 aliphatic heterocycles. The van der Waals surface area contributed by atoms with Crippen LogP contribution in [0.5, 0.6) is 0 Å². The highest BCUT2D eigenvalue weighted by molar-refractivity contribution is 4.86. The third kappa shape index (κ3) is 93.1. The van der Waals surface area contributed by atoms with E-state index in [1.165, 1.54) is 205 Å². The van der Waals surface area contributed by atoms with Crippen molar-refractivity contribution in [1.82, 2.24) is 0 Å². The molecular formula is C49H110. The minimum atomic E-state index is 0. The lowest BCUT2D eigenvalue weighted by atomic mass is 9.92. The van der Waals surface area contributed by atoms with E-state index in [0.29, 0.717) is 0 Å². The summed E-state index contributed by atoms with van der Waals surface area (Å²) in [6, 6.07) is 0. The molecule has 0 amide bonds. The van der Waals surface area contributed by atoms with Crippen LogP contribution in [0.4, 0.5) is 0 Å². The van der Waals surface area contributed by atoms with Gasteiger partial charge in [0, 0.05) is 0 Å². The topological polar surface area (TPSA) is 0 Å². The van der Waals surface area contributed by atoms with Crippen LogP contribution in [0.3, 0.4) is 0 Å². The second-order valence-corrected chi connectivity index (χ2v) is 13.7. The molecule has 0 nitrogen and oxygen atoms in total. The zero-order valence-corrected chi connectivity index (χ0v) is 36.1. The van der Waals surface area contributed by atoms with Crippen LogP contribution in [0, 0.1) is 5.92 Å². The van der Waals surface area contributed by atoms with Gasteiger partial charge in [0.25, 0.3) is 0 Å². The van der Waals surface area contributed by atoms with Crippen LogP contribution in [-0.2, 0) is 0 Å². The van der Waals surface area contributed by atoms with Gasteiger partial charge in [-0.3, -0.25) is 0 Å². The summed E-state index contributed by atoms with van der Waals surface area (Å²) in [6.07, 6.45) is 44.1. The van der Waals surface area contributed by atoms with Gasteiger partial charge in [0.15, 0.2) is 0 Å². The van der Waals surface area contributed by atoms with Gasteiger partial charge >= 0.3 is 0 Å². The minimum Gasteiger partial charge on any atom is -0.106 e. The maximum atomic E-state index is 3.89. The highest BCUT2D eigenvalue weighted by Gasteiger charge is 2.05. The summed E-state index contributed by atoms with van der Waals surface area (Å²) in [4.78, 5) is 0. The van der Waals surface area contributed by atoms with E-state index in [9.17, 15) is 0 Å². The lowest BCUT2D eigenvalue weighted by Gasteiger charge is -2.14. The van der Waals surface area contributed by atoms with E-state index in [0.717, 1.165) is 5.92 Å². The molecule has 0 radical (unpaired) electrons. The van der Waals surface area contributed by atoms with Gasteiger partial charge in [-0.05, 0) is 25.7 Å². The fraction of sp³-hybridized carbons (Fsp3) is 0.918. The maximum Gasteiger partial charge on any atom is -0.0326 e. The smallest absolute Gasteiger partial charge is 0.0326 e. The predicted octanol–water partition coefficient (Wildman–Crippen LogP) is 20.5. The lowest BCUT2D eigenvalue weighted by molar-refractivity contribution is 0.392. The Labute approximate surface area is 320 Å². The van der Waals surface area contributed by atoms with Crippen molar-refractivity contribution < 1.29 is 0 Å². The first-order valence-electron chi connectivity index (χ1n) is 22.1. The van der Waals surface area contributed by atoms with Gasteiger partial charge in [-0.2, -0.15) is 0 Å². The molecule has 0 bridgehead atoms. The minimum absolute atomic E-state index is 0. The number of hydrogen-bond donors (Lipinski definition) is 0. The molecule has 1 unspecified atom stereocenters. The number of rotatable bonds is 29. The van der Waals surface area contributed by atoms with Crippen molar-refractivity contribution in [3.8, 4) is 0 Å². The fourth-order valence-corrected chi connectivity index (χ4v) is 5.39. The van der Waals surface area contributed by atoms with Crippen LogP contribution in [0.1, 0.15) is 290 Å². The van der Waals surface area contributed by atoms with Crippen LogP contribution < -0.4 is 0 Å². The third-order valence-corrected chi connectivity index (χ3v) is 8.42. The monoisotopic (exact) mass is 699 g/mol. The Morgan fingerprint density at radius 2 is 0.592 bits per heavy atom. The fourth-order valence-electron chi connectivity index (χ4n) is 5.39. The van der Waals surface area contributed by atoms with E-state index in [-0.39, 0.29) is 14.9 Å². The summed E-state index contributed by atoms with van der Waals surface area (Å²) in [5, 5.41) is 0. The molecule has 0 aromatic rings. The van der Waals surface area contributed by atoms with Crippen LogP contribution in [0.15, 0.2) is 25.3 Å². The SMILES string of the molecule is C.C.C=C.C=C(C)CCCCCCCC.CC.CCC.CCCCCCCC.CCCCCCCCCCC(CC)CCCCCCCC. The zero-order chi connectivity index (χ0) is 37.1. The Hall–Kier alpha value is -0.520. The average molecular weight is 699 g/mol. The van der Waals surface area contributed by atoms with Crippen molar-refractivity contribution in [1.29, 1.82) is 0 Å². The molecule has 0 aromatic carbocycles. The summed E-state index contributed by atoms with van der Waals surface area (Å²) in [5.74, 6) is 1.02. The molecule has 0 N–H and O–H groups in total. The van der Waals surface area contributed by atoms with Crippen molar-refractivity contribution in [2.24, 2.45) is 5.92 Å². The Kier molecular flexibility index (Phi) is 105. The first-order chi connectivity index (χ1) is 22.9. The summed E-state index contributed by atoms with van der Waals surface area (Å²) in [5.41, 5.74) is 1.33.